The number of nitrogens with one attached hydrogen (secondary N) is 1. The van der Waals surface area contributed by atoms with Crippen LogP contribution in [0, 0.1) is 5.92 Å². The van der Waals surface area contributed by atoms with Crippen LogP contribution in [0.1, 0.15) is 25.5 Å². The van der Waals surface area contributed by atoms with Crippen LogP contribution >= 0.6 is 11.8 Å². The van der Waals surface area contributed by atoms with Gasteiger partial charge < -0.3 is 5.32 Å². The molecule has 1 fully saturated rings. The highest BCUT2D eigenvalue weighted by Gasteiger charge is 2.28. The first kappa shape index (κ1) is 11.0. The van der Waals surface area contributed by atoms with Crippen LogP contribution in [-0.2, 0) is 0 Å². The first-order valence-corrected chi connectivity index (χ1v) is 6.74. The summed E-state index contributed by atoms with van der Waals surface area (Å²) in [6.07, 6.45) is 0. The molecule has 1 aliphatic heterocycles. The average Bonchev–Trinajstić information content (AvgIpc) is 2.30. The number of hydrogen-bond acceptors (Lipinski definition) is 2. The normalized spacial score (nSPS) is 26.9. The second kappa shape index (κ2) is 5.04. The lowest BCUT2D eigenvalue weighted by Gasteiger charge is -2.35. The van der Waals surface area contributed by atoms with E-state index in [1.165, 1.54) is 11.3 Å². The van der Waals surface area contributed by atoms with Gasteiger partial charge in [-0.2, -0.15) is 11.8 Å². The Labute approximate surface area is 96.7 Å². The molecular weight excluding hydrogens is 202 g/mol. The zero-order valence-electron chi connectivity index (χ0n) is 9.44. The maximum Gasteiger partial charge on any atom is 0.0443 e. The molecule has 0 saturated carbocycles. The Kier molecular flexibility index (Phi) is 3.71. The van der Waals surface area contributed by atoms with E-state index in [0.29, 0.717) is 11.3 Å². The lowest BCUT2D eigenvalue weighted by atomic mass is 9.96. The highest BCUT2D eigenvalue weighted by Crippen LogP contribution is 2.34. The zero-order chi connectivity index (χ0) is 10.7. The van der Waals surface area contributed by atoms with Crippen molar-refractivity contribution in [1.82, 2.24) is 5.32 Å². The minimum atomic E-state index is 0.532. The summed E-state index contributed by atoms with van der Waals surface area (Å²) in [5.41, 5.74) is 1.43. The predicted octanol–water partition coefficient (Wildman–Crippen LogP) is 3.09. The Balaban J connectivity index is 2.18. The molecule has 0 aromatic heterocycles. The van der Waals surface area contributed by atoms with Gasteiger partial charge in [-0.15, -0.1) is 0 Å². The number of thioether (sulfide) groups is 1. The van der Waals surface area contributed by atoms with Crippen LogP contribution < -0.4 is 5.32 Å². The molecule has 1 aromatic carbocycles. The van der Waals surface area contributed by atoms with Crippen molar-refractivity contribution in [3.8, 4) is 0 Å². The lowest BCUT2D eigenvalue weighted by Crippen LogP contribution is -2.39. The molecule has 2 rings (SSSR count). The molecule has 0 aliphatic carbocycles. The third-order valence-electron chi connectivity index (χ3n) is 2.92. The Morgan fingerprint density at radius 1 is 1.27 bits per heavy atom. The fourth-order valence-electron chi connectivity index (χ4n) is 2.17. The van der Waals surface area contributed by atoms with Gasteiger partial charge in [-0.1, -0.05) is 44.2 Å². The molecule has 2 unspecified atom stereocenters. The molecule has 0 bridgehead atoms. The van der Waals surface area contributed by atoms with E-state index in [1.54, 1.807) is 0 Å². The first-order chi connectivity index (χ1) is 7.29. The van der Waals surface area contributed by atoms with Gasteiger partial charge in [-0.25, -0.2) is 0 Å². The average molecular weight is 221 g/mol. The highest BCUT2D eigenvalue weighted by molar-refractivity contribution is 8.00. The molecule has 82 valence electrons. The van der Waals surface area contributed by atoms with Crippen molar-refractivity contribution in [2.75, 3.05) is 12.3 Å². The van der Waals surface area contributed by atoms with Crippen LogP contribution in [-0.4, -0.2) is 17.5 Å². The Bertz CT molecular complexity index is 297. The Morgan fingerprint density at radius 2 is 2.00 bits per heavy atom. The van der Waals surface area contributed by atoms with Gasteiger partial charge in [-0.05, 0) is 11.5 Å². The fraction of sp³-hybridized carbons (Fsp3) is 0.538. The van der Waals surface area contributed by atoms with Crippen LogP contribution in [0.25, 0.3) is 0 Å². The quantitative estimate of drug-likeness (QED) is 0.823. The molecular formula is C13H19NS. The van der Waals surface area contributed by atoms with Gasteiger partial charge in [-0.3, -0.25) is 0 Å². The molecule has 0 amide bonds. The van der Waals surface area contributed by atoms with E-state index >= 15 is 0 Å². The van der Waals surface area contributed by atoms with Crippen molar-refractivity contribution in [1.29, 1.82) is 0 Å². The summed E-state index contributed by atoms with van der Waals surface area (Å²) in [5, 5.41) is 4.36. The summed E-state index contributed by atoms with van der Waals surface area (Å²) < 4.78 is 0. The molecule has 1 nitrogen and oxygen atoms in total. The van der Waals surface area contributed by atoms with E-state index < -0.39 is 0 Å². The maximum absolute atomic E-state index is 3.65. The van der Waals surface area contributed by atoms with Gasteiger partial charge in [0, 0.05) is 23.6 Å². The summed E-state index contributed by atoms with van der Waals surface area (Å²) in [6, 6.07) is 11.4. The second-order valence-electron chi connectivity index (χ2n) is 4.42. The zero-order valence-corrected chi connectivity index (χ0v) is 10.3. The standard InChI is InChI=1S/C13H19NS/c1-10(2)13-12(14-8-9-15-13)11-6-4-3-5-7-11/h3-7,10,12-14H,8-9H2,1-2H3. The topological polar surface area (TPSA) is 12.0 Å². The van der Waals surface area contributed by atoms with Crippen LogP contribution in [0.4, 0.5) is 0 Å². The van der Waals surface area contributed by atoms with Crippen molar-refractivity contribution in [2.45, 2.75) is 25.1 Å². The predicted molar refractivity (Wildman–Crippen MR) is 68.3 cm³/mol. The largest absolute Gasteiger partial charge is 0.308 e. The molecule has 1 N–H and O–H groups in total. The Morgan fingerprint density at radius 3 is 2.67 bits per heavy atom. The fourth-order valence-corrected chi connectivity index (χ4v) is 3.51. The van der Waals surface area contributed by atoms with Crippen molar-refractivity contribution in [2.24, 2.45) is 5.92 Å². The third kappa shape index (κ3) is 2.56. The molecule has 0 spiro atoms. The molecule has 15 heavy (non-hydrogen) atoms. The van der Waals surface area contributed by atoms with Gasteiger partial charge in [0.25, 0.3) is 0 Å². The van der Waals surface area contributed by atoms with E-state index in [1.807, 2.05) is 0 Å². The number of hydrogen-bond donors (Lipinski definition) is 1. The van der Waals surface area contributed by atoms with Crippen molar-refractivity contribution >= 4 is 11.8 Å². The second-order valence-corrected chi connectivity index (χ2v) is 5.71. The van der Waals surface area contributed by atoms with Crippen LogP contribution in [0.15, 0.2) is 30.3 Å². The van der Waals surface area contributed by atoms with E-state index in [9.17, 15) is 0 Å². The lowest BCUT2D eigenvalue weighted by molar-refractivity contribution is 0.442. The summed E-state index contributed by atoms with van der Waals surface area (Å²) in [5.74, 6) is 1.97. The van der Waals surface area contributed by atoms with Crippen LogP contribution in [0.3, 0.4) is 0 Å². The molecule has 0 radical (unpaired) electrons. The van der Waals surface area contributed by atoms with Gasteiger partial charge >= 0.3 is 0 Å². The summed E-state index contributed by atoms with van der Waals surface area (Å²) in [6.45, 7) is 5.77. The smallest absolute Gasteiger partial charge is 0.0443 e. The summed E-state index contributed by atoms with van der Waals surface area (Å²) >= 11 is 2.11. The van der Waals surface area contributed by atoms with Crippen molar-refractivity contribution in [3.05, 3.63) is 35.9 Å². The molecule has 1 aliphatic rings. The minimum Gasteiger partial charge on any atom is -0.308 e. The third-order valence-corrected chi connectivity index (χ3v) is 4.56. The molecule has 2 atom stereocenters. The van der Waals surface area contributed by atoms with E-state index in [4.69, 9.17) is 0 Å². The monoisotopic (exact) mass is 221 g/mol. The molecule has 2 heteroatoms. The van der Waals surface area contributed by atoms with Gasteiger partial charge in [0.15, 0.2) is 0 Å². The van der Waals surface area contributed by atoms with E-state index in [-0.39, 0.29) is 0 Å². The number of benzene rings is 1. The van der Waals surface area contributed by atoms with Gasteiger partial charge in [0.1, 0.15) is 0 Å². The van der Waals surface area contributed by atoms with Gasteiger partial charge in [0.2, 0.25) is 0 Å². The number of rotatable bonds is 2. The summed E-state index contributed by atoms with van der Waals surface area (Å²) in [4.78, 5) is 0. The van der Waals surface area contributed by atoms with Crippen molar-refractivity contribution < 1.29 is 0 Å². The Hall–Kier alpha value is -0.470. The summed E-state index contributed by atoms with van der Waals surface area (Å²) in [7, 11) is 0. The van der Waals surface area contributed by atoms with Crippen molar-refractivity contribution in [3.63, 3.8) is 0 Å². The van der Waals surface area contributed by atoms with E-state index in [0.717, 1.165) is 12.5 Å². The molecule has 1 aromatic rings. The first-order valence-electron chi connectivity index (χ1n) is 5.69. The highest BCUT2D eigenvalue weighted by atomic mass is 32.2. The molecule has 1 heterocycles. The maximum atomic E-state index is 3.65. The van der Waals surface area contributed by atoms with Crippen LogP contribution in [0.5, 0.6) is 0 Å². The minimum absolute atomic E-state index is 0.532. The van der Waals surface area contributed by atoms with Gasteiger partial charge in [0.05, 0.1) is 0 Å². The van der Waals surface area contributed by atoms with E-state index in [2.05, 4.69) is 61.3 Å². The molecule has 1 saturated heterocycles. The SMILES string of the molecule is CC(C)C1SCCNC1c1ccccc1. The van der Waals surface area contributed by atoms with Crippen LogP contribution in [0.2, 0.25) is 0 Å².